The SMILES string of the molecule is Nc1nnc(S[C@H](C(=O)NCc2ccccc2)c2ccccc2)s1. The first-order valence-corrected chi connectivity index (χ1v) is 9.04. The molecule has 0 fully saturated rings. The van der Waals surface area contributed by atoms with Crippen molar-refractivity contribution >= 4 is 34.1 Å². The molecule has 122 valence electrons. The summed E-state index contributed by atoms with van der Waals surface area (Å²) >= 11 is 2.64. The number of hydrogen-bond donors (Lipinski definition) is 2. The van der Waals surface area contributed by atoms with Gasteiger partial charge in [-0.2, -0.15) is 0 Å². The minimum Gasteiger partial charge on any atom is -0.374 e. The maximum atomic E-state index is 12.7. The van der Waals surface area contributed by atoms with E-state index >= 15 is 0 Å². The number of hydrogen-bond acceptors (Lipinski definition) is 6. The number of anilines is 1. The second-order valence-corrected chi connectivity index (χ2v) is 7.38. The van der Waals surface area contributed by atoms with Crippen molar-refractivity contribution in [2.75, 3.05) is 5.73 Å². The molecule has 0 spiro atoms. The average Bonchev–Trinajstić information content (AvgIpc) is 3.04. The van der Waals surface area contributed by atoms with E-state index in [1.165, 1.54) is 23.1 Å². The molecule has 24 heavy (non-hydrogen) atoms. The van der Waals surface area contributed by atoms with Gasteiger partial charge in [-0.25, -0.2) is 0 Å². The van der Waals surface area contributed by atoms with Crippen LogP contribution in [0.2, 0.25) is 0 Å². The summed E-state index contributed by atoms with van der Waals surface area (Å²) in [5, 5.41) is 10.8. The van der Waals surface area contributed by atoms with Crippen LogP contribution in [0.3, 0.4) is 0 Å². The second-order valence-electron chi connectivity index (χ2n) is 5.02. The molecule has 1 aromatic heterocycles. The predicted molar refractivity (Wildman–Crippen MR) is 97.7 cm³/mol. The molecular formula is C17H16N4OS2. The van der Waals surface area contributed by atoms with Crippen molar-refractivity contribution in [3.05, 3.63) is 71.8 Å². The number of benzene rings is 2. The van der Waals surface area contributed by atoms with Crippen molar-refractivity contribution < 1.29 is 4.79 Å². The summed E-state index contributed by atoms with van der Waals surface area (Å²) in [6.45, 7) is 0.488. The summed E-state index contributed by atoms with van der Waals surface area (Å²) in [7, 11) is 0. The lowest BCUT2D eigenvalue weighted by molar-refractivity contribution is -0.120. The molecule has 7 heteroatoms. The highest BCUT2D eigenvalue weighted by molar-refractivity contribution is 8.01. The third-order valence-corrected chi connectivity index (χ3v) is 5.38. The Hall–Kier alpha value is -2.38. The van der Waals surface area contributed by atoms with Gasteiger partial charge in [-0.3, -0.25) is 4.79 Å². The Morgan fingerprint density at radius 2 is 1.75 bits per heavy atom. The number of nitrogen functional groups attached to an aromatic ring is 1. The van der Waals surface area contributed by atoms with E-state index in [1.54, 1.807) is 0 Å². The lowest BCUT2D eigenvalue weighted by Gasteiger charge is -2.15. The summed E-state index contributed by atoms with van der Waals surface area (Å²) in [6.07, 6.45) is 0. The summed E-state index contributed by atoms with van der Waals surface area (Å²) < 4.78 is 0.677. The topological polar surface area (TPSA) is 80.9 Å². The van der Waals surface area contributed by atoms with Gasteiger partial charge in [0.1, 0.15) is 5.25 Å². The maximum absolute atomic E-state index is 12.7. The molecular weight excluding hydrogens is 340 g/mol. The van der Waals surface area contributed by atoms with Gasteiger partial charge in [0.15, 0.2) is 4.34 Å². The van der Waals surface area contributed by atoms with Gasteiger partial charge >= 0.3 is 0 Å². The van der Waals surface area contributed by atoms with Crippen molar-refractivity contribution in [3.63, 3.8) is 0 Å². The molecule has 2 aromatic carbocycles. The van der Waals surface area contributed by atoms with Crippen LogP contribution in [0.25, 0.3) is 0 Å². The van der Waals surface area contributed by atoms with Crippen LogP contribution in [-0.2, 0) is 11.3 Å². The number of nitrogens with one attached hydrogen (secondary N) is 1. The number of amides is 1. The zero-order valence-electron chi connectivity index (χ0n) is 12.8. The van der Waals surface area contributed by atoms with Gasteiger partial charge < -0.3 is 11.1 Å². The monoisotopic (exact) mass is 356 g/mol. The molecule has 3 aromatic rings. The Bertz CT molecular complexity index is 793. The van der Waals surface area contributed by atoms with Crippen LogP contribution in [0.4, 0.5) is 5.13 Å². The first-order valence-electron chi connectivity index (χ1n) is 7.34. The summed E-state index contributed by atoms with van der Waals surface area (Å²) in [4.78, 5) is 12.7. The van der Waals surface area contributed by atoms with Crippen molar-refractivity contribution in [2.24, 2.45) is 0 Å². The largest absolute Gasteiger partial charge is 0.374 e. The van der Waals surface area contributed by atoms with E-state index in [-0.39, 0.29) is 5.91 Å². The molecule has 5 nitrogen and oxygen atoms in total. The second kappa shape index (κ2) is 7.94. The highest BCUT2D eigenvalue weighted by Gasteiger charge is 2.23. The zero-order chi connectivity index (χ0) is 16.8. The highest BCUT2D eigenvalue weighted by Crippen LogP contribution is 2.37. The first-order chi connectivity index (χ1) is 11.7. The molecule has 1 atom stereocenters. The molecule has 0 radical (unpaired) electrons. The van der Waals surface area contributed by atoms with Crippen molar-refractivity contribution in [1.82, 2.24) is 15.5 Å². The summed E-state index contributed by atoms with van der Waals surface area (Å²) in [5.41, 5.74) is 7.61. The quantitative estimate of drug-likeness (QED) is 0.663. The van der Waals surface area contributed by atoms with Crippen LogP contribution in [0, 0.1) is 0 Å². The Kier molecular flexibility index (Phi) is 5.45. The third kappa shape index (κ3) is 4.33. The predicted octanol–water partition coefficient (Wildman–Crippen LogP) is 3.27. The third-order valence-electron chi connectivity index (χ3n) is 3.29. The molecule has 3 N–H and O–H groups in total. The number of aromatic nitrogens is 2. The van der Waals surface area contributed by atoms with Gasteiger partial charge in [0.25, 0.3) is 0 Å². The lowest BCUT2D eigenvalue weighted by atomic mass is 10.1. The molecule has 0 aliphatic rings. The Morgan fingerprint density at radius 3 is 2.38 bits per heavy atom. The normalized spacial score (nSPS) is 11.8. The zero-order valence-corrected chi connectivity index (χ0v) is 14.4. The van der Waals surface area contributed by atoms with Gasteiger partial charge in [0.2, 0.25) is 11.0 Å². The van der Waals surface area contributed by atoms with Gasteiger partial charge in [-0.1, -0.05) is 83.8 Å². The van der Waals surface area contributed by atoms with Crippen LogP contribution < -0.4 is 11.1 Å². The fourth-order valence-electron chi connectivity index (χ4n) is 2.15. The van der Waals surface area contributed by atoms with Crippen LogP contribution >= 0.6 is 23.1 Å². The summed E-state index contributed by atoms with van der Waals surface area (Å²) in [5.74, 6) is -0.0659. The molecule has 1 heterocycles. The fourth-order valence-corrected chi connectivity index (χ4v) is 4.00. The van der Waals surface area contributed by atoms with Crippen LogP contribution in [0.15, 0.2) is 65.0 Å². The van der Waals surface area contributed by atoms with Crippen molar-refractivity contribution in [2.45, 2.75) is 16.1 Å². The number of carbonyl (C=O) groups excluding carboxylic acids is 1. The molecule has 0 saturated carbocycles. The van der Waals surface area contributed by atoms with Gasteiger partial charge in [-0.15, -0.1) is 10.2 Å². The Labute approximate surface area is 148 Å². The minimum atomic E-state index is -0.401. The van der Waals surface area contributed by atoms with Gasteiger partial charge in [0, 0.05) is 6.54 Å². The molecule has 3 rings (SSSR count). The van der Waals surface area contributed by atoms with Crippen LogP contribution in [0.5, 0.6) is 0 Å². The van der Waals surface area contributed by atoms with Crippen molar-refractivity contribution in [1.29, 1.82) is 0 Å². The number of nitrogens with two attached hydrogens (primary N) is 1. The van der Waals surface area contributed by atoms with Crippen LogP contribution in [-0.4, -0.2) is 16.1 Å². The standard InChI is InChI=1S/C17H16N4OS2/c18-16-20-21-17(24-16)23-14(13-9-5-2-6-10-13)15(22)19-11-12-7-3-1-4-8-12/h1-10,14H,11H2,(H2,18,20)(H,19,22)/t14-/m0/s1. The van der Waals surface area contributed by atoms with Gasteiger partial charge in [0.05, 0.1) is 0 Å². The minimum absolute atomic E-state index is 0.0659. The van der Waals surface area contributed by atoms with Crippen molar-refractivity contribution in [3.8, 4) is 0 Å². The van der Waals surface area contributed by atoms with E-state index in [9.17, 15) is 4.79 Å². The number of nitrogens with zero attached hydrogens (tertiary/aromatic N) is 2. The fraction of sp³-hybridized carbons (Fsp3) is 0.118. The number of thioether (sulfide) groups is 1. The Balaban J connectivity index is 1.74. The van der Waals surface area contributed by atoms with E-state index in [0.717, 1.165) is 11.1 Å². The first kappa shape index (κ1) is 16.5. The van der Waals surface area contributed by atoms with E-state index < -0.39 is 5.25 Å². The molecule has 0 unspecified atom stereocenters. The molecule has 0 aliphatic heterocycles. The summed E-state index contributed by atoms with van der Waals surface area (Å²) in [6, 6.07) is 19.5. The molecule has 1 amide bonds. The lowest BCUT2D eigenvalue weighted by Crippen LogP contribution is -2.27. The molecule has 0 saturated heterocycles. The van der Waals surface area contributed by atoms with Gasteiger partial charge in [-0.05, 0) is 11.1 Å². The number of carbonyl (C=O) groups is 1. The maximum Gasteiger partial charge on any atom is 0.238 e. The van der Waals surface area contributed by atoms with Crippen LogP contribution in [0.1, 0.15) is 16.4 Å². The van der Waals surface area contributed by atoms with E-state index in [0.29, 0.717) is 16.0 Å². The highest BCUT2D eigenvalue weighted by atomic mass is 32.2. The average molecular weight is 356 g/mol. The van der Waals surface area contributed by atoms with E-state index in [4.69, 9.17) is 5.73 Å². The smallest absolute Gasteiger partial charge is 0.238 e. The number of rotatable bonds is 6. The van der Waals surface area contributed by atoms with E-state index in [1.807, 2.05) is 60.7 Å². The molecule has 0 bridgehead atoms. The Morgan fingerprint density at radius 1 is 1.08 bits per heavy atom. The van der Waals surface area contributed by atoms with E-state index in [2.05, 4.69) is 15.5 Å². The molecule has 0 aliphatic carbocycles.